The summed E-state index contributed by atoms with van der Waals surface area (Å²) in [6.45, 7) is 5.15. The monoisotopic (exact) mass is 264 g/mol. The van der Waals surface area contributed by atoms with E-state index in [9.17, 15) is 9.59 Å². The molecule has 1 aromatic rings. The van der Waals surface area contributed by atoms with Gasteiger partial charge in [-0.05, 0) is 38.0 Å². The van der Waals surface area contributed by atoms with Crippen molar-refractivity contribution >= 4 is 17.7 Å². The second kappa shape index (κ2) is 5.73. The molecule has 0 heterocycles. The molecule has 1 rings (SSSR count). The Balaban J connectivity index is 2.86. The zero-order valence-corrected chi connectivity index (χ0v) is 11.7. The summed E-state index contributed by atoms with van der Waals surface area (Å²) in [5.41, 5.74) is 0.504. The molecule has 0 aliphatic carbocycles. The second-order valence-electron chi connectivity index (χ2n) is 4.82. The number of urea groups is 1. The van der Waals surface area contributed by atoms with Crippen molar-refractivity contribution in [3.05, 3.63) is 29.8 Å². The summed E-state index contributed by atoms with van der Waals surface area (Å²) in [6, 6.07) is 7.02. The summed E-state index contributed by atoms with van der Waals surface area (Å²) >= 11 is 0. The van der Waals surface area contributed by atoms with Gasteiger partial charge in [0.2, 0.25) is 0 Å². The standard InChI is InChI=1S/C14H20N2O3/c1-5-14(3,12(17)18)15-13(19)16(4)11-8-6-7-10(2)9-11/h6-9H,5H2,1-4H3,(H,15,19)(H,17,18). The topological polar surface area (TPSA) is 69.6 Å². The molecule has 0 aromatic heterocycles. The minimum atomic E-state index is -1.25. The Bertz CT molecular complexity index is 487. The lowest BCUT2D eigenvalue weighted by atomic mass is 10.00. The maximum atomic E-state index is 12.1. The van der Waals surface area contributed by atoms with Gasteiger partial charge >= 0.3 is 12.0 Å². The van der Waals surface area contributed by atoms with E-state index in [4.69, 9.17) is 5.11 Å². The van der Waals surface area contributed by atoms with Gasteiger partial charge in [0.05, 0.1) is 0 Å². The van der Waals surface area contributed by atoms with Crippen LogP contribution in [0.4, 0.5) is 10.5 Å². The van der Waals surface area contributed by atoms with Crippen LogP contribution >= 0.6 is 0 Å². The van der Waals surface area contributed by atoms with Crippen molar-refractivity contribution in [1.82, 2.24) is 5.32 Å². The smallest absolute Gasteiger partial charge is 0.329 e. The van der Waals surface area contributed by atoms with Gasteiger partial charge < -0.3 is 10.4 Å². The van der Waals surface area contributed by atoms with E-state index in [1.165, 1.54) is 11.8 Å². The molecule has 0 aliphatic heterocycles. The number of nitrogens with one attached hydrogen (secondary N) is 1. The van der Waals surface area contributed by atoms with E-state index in [0.29, 0.717) is 6.42 Å². The predicted molar refractivity (Wildman–Crippen MR) is 74.4 cm³/mol. The summed E-state index contributed by atoms with van der Waals surface area (Å²) in [5, 5.41) is 11.7. The van der Waals surface area contributed by atoms with Gasteiger partial charge in [0, 0.05) is 12.7 Å². The fraction of sp³-hybridized carbons (Fsp3) is 0.429. The number of aliphatic carboxylic acids is 1. The number of hydrogen-bond donors (Lipinski definition) is 2. The predicted octanol–water partition coefficient (Wildman–Crippen LogP) is 2.39. The van der Waals surface area contributed by atoms with Gasteiger partial charge in [-0.25, -0.2) is 9.59 Å². The van der Waals surface area contributed by atoms with Crippen molar-refractivity contribution in [2.75, 3.05) is 11.9 Å². The Morgan fingerprint density at radius 1 is 1.42 bits per heavy atom. The summed E-state index contributed by atoms with van der Waals surface area (Å²) in [7, 11) is 1.61. The summed E-state index contributed by atoms with van der Waals surface area (Å²) in [5.74, 6) is -1.04. The van der Waals surface area contributed by atoms with Crippen LogP contribution in [0.15, 0.2) is 24.3 Å². The Morgan fingerprint density at radius 2 is 2.05 bits per heavy atom. The van der Waals surface area contributed by atoms with Crippen LogP contribution < -0.4 is 10.2 Å². The van der Waals surface area contributed by atoms with Gasteiger partial charge in [0.25, 0.3) is 0 Å². The van der Waals surface area contributed by atoms with Crippen LogP contribution in [-0.4, -0.2) is 29.7 Å². The number of carbonyl (C=O) groups is 2. The molecule has 2 N–H and O–H groups in total. The van der Waals surface area contributed by atoms with Gasteiger partial charge in [-0.3, -0.25) is 4.90 Å². The maximum Gasteiger partial charge on any atom is 0.329 e. The summed E-state index contributed by atoms with van der Waals surface area (Å²) in [4.78, 5) is 24.7. The lowest BCUT2D eigenvalue weighted by Gasteiger charge is -2.28. The number of carboxylic acids is 1. The van der Waals surface area contributed by atoms with Crippen LogP contribution in [0.1, 0.15) is 25.8 Å². The lowest BCUT2D eigenvalue weighted by molar-refractivity contribution is -0.143. The largest absolute Gasteiger partial charge is 0.480 e. The first-order valence-electron chi connectivity index (χ1n) is 6.16. The molecule has 0 radical (unpaired) electrons. The molecule has 0 saturated carbocycles. The lowest BCUT2D eigenvalue weighted by Crippen LogP contribution is -2.55. The fourth-order valence-corrected chi connectivity index (χ4v) is 1.57. The van der Waals surface area contributed by atoms with Crippen molar-refractivity contribution in [2.24, 2.45) is 0 Å². The number of hydrogen-bond acceptors (Lipinski definition) is 2. The molecular formula is C14H20N2O3. The molecule has 0 saturated heterocycles. The number of benzene rings is 1. The Kier molecular flexibility index (Phi) is 4.53. The molecule has 19 heavy (non-hydrogen) atoms. The molecule has 2 amide bonds. The first kappa shape index (κ1) is 15.0. The van der Waals surface area contributed by atoms with Gasteiger partial charge in [-0.1, -0.05) is 19.1 Å². The van der Waals surface area contributed by atoms with Crippen molar-refractivity contribution < 1.29 is 14.7 Å². The van der Waals surface area contributed by atoms with E-state index in [1.54, 1.807) is 20.0 Å². The van der Waals surface area contributed by atoms with Crippen LogP contribution in [0.3, 0.4) is 0 Å². The van der Waals surface area contributed by atoms with E-state index in [1.807, 2.05) is 25.1 Å². The van der Waals surface area contributed by atoms with E-state index in [0.717, 1.165) is 11.3 Å². The highest BCUT2D eigenvalue weighted by Gasteiger charge is 2.33. The van der Waals surface area contributed by atoms with Crippen LogP contribution in [0.5, 0.6) is 0 Å². The van der Waals surface area contributed by atoms with E-state index in [-0.39, 0.29) is 0 Å². The van der Waals surface area contributed by atoms with E-state index >= 15 is 0 Å². The molecule has 0 aliphatic rings. The molecule has 104 valence electrons. The maximum absolute atomic E-state index is 12.1. The van der Waals surface area contributed by atoms with Gasteiger partial charge in [0.1, 0.15) is 5.54 Å². The number of nitrogens with zero attached hydrogens (tertiary/aromatic N) is 1. The SMILES string of the molecule is CCC(C)(NC(=O)N(C)c1cccc(C)c1)C(=O)O. The fourth-order valence-electron chi connectivity index (χ4n) is 1.57. The Labute approximate surface area is 113 Å². The normalized spacial score (nSPS) is 13.5. The summed E-state index contributed by atoms with van der Waals surface area (Å²) < 4.78 is 0. The number of aryl methyl sites for hydroxylation is 1. The van der Waals surface area contributed by atoms with Crippen molar-refractivity contribution in [2.45, 2.75) is 32.7 Å². The number of carbonyl (C=O) groups excluding carboxylic acids is 1. The third kappa shape index (κ3) is 3.47. The first-order chi connectivity index (χ1) is 8.80. The number of anilines is 1. The quantitative estimate of drug-likeness (QED) is 0.877. The van der Waals surface area contributed by atoms with Crippen LogP contribution in [0, 0.1) is 6.92 Å². The Hall–Kier alpha value is -2.04. The van der Waals surface area contributed by atoms with Crippen molar-refractivity contribution in [1.29, 1.82) is 0 Å². The van der Waals surface area contributed by atoms with Crippen LogP contribution in [0.2, 0.25) is 0 Å². The number of carboxylic acid groups (broad SMARTS) is 1. The zero-order valence-electron chi connectivity index (χ0n) is 11.7. The van der Waals surface area contributed by atoms with Gasteiger partial charge in [-0.2, -0.15) is 0 Å². The molecule has 5 nitrogen and oxygen atoms in total. The van der Waals surface area contributed by atoms with Crippen LogP contribution in [-0.2, 0) is 4.79 Å². The first-order valence-corrected chi connectivity index (χ1v) is 6.16. The van der Waals surface area contributed by atoms with Gasteiger partial charge in [-0.15, -0.1) is 0 Å². The molecule has 1 aromatic carbocycles. The summed E-state index contributed by atoms with van der Waals surface area (Å²) in [6.07, 6.45) is 0.315. The van der Waals surface area contributed by atoms with E-state index in [2.05, 4.69) is 5.32 Å². The molecular weight excluding hydrogens is 244 g/mol. The minimum Gasteiger partial charge on any atom is -0.480 e. The molecule has 0 spiro atoms. The molecule has 0 bridgehead atoms. The zero-order chi connectivity index (χ0) is 14.6. The number of rotatable bonds is 4. The van der Waals surface area contributed by atoms with Crippen molar-refractivity contribution in [3.63, 3.8) is 0 Å². The molecule has 1 atom stereocenters. The highest BCUT2D eigenvalue weighted by Crippen LogP contribution is 2.16. The third-order valence-electron chi connectivity index (χ3n) is 3.26. The molecule has 1 unspecified atom stereocenters. The van der Waals surface area contributed by atoms with Gasteiger partial charge in [0.15, 0.2) is 0 Å². The average molecular weight is 264 g/mol. The van der Waals surface area contributed by atoms with Crippen LogP contribution in [0.25, 0.3) is 0 Å². The highest BCUT2D eigenvalue weighted by atomic mass is 16.4. The number of amides is 2. The molecule has 0 fully saturated rings. The highest BCUT2D eigenvalue weighted by molar-refractivity contribution is 5.95. The Morgan fingerprint density at radius 3 is 2.53 bits per heavy atom. The van der Waals surface area contributed by atoms with Crippen molar-refractivity contribution in [3.8, 4) is 0 Å². The molecule has 5 heteroatoms. The van der Waals surface area contributed by atoms with E-state index < -0.39 is 17.5 Å². The average Bonchev–Trinajstić information content (AvgIpc) is 2.37. The second-order valence-corrected chi connectivity index (χ2v) is 4.82. The third-order valence-corrected chi connectivity index (χ3v) is 3.26. The minimum absolute atomic E-state index is 0.315.